The molecule has 1 N–H and O–H groups in total. The van der Waals surface area contributed by atoms with Gasteiger partial charge in [0.2, 0.25) is 10.0 Å². The highest BCUT2D eigenvalue weighted by Gasteiger charge is 2.31. The Balaban J connectivity index is 1.52. The van der Waals surface area contributed by atoms with E-state index >= 15 is 0 Å². The summed E-state index contributed by atoms with van der Waals surface area (Å²) in [4.78, 5) is 13.4. The number of halogens is 1. The van der Waals surface area contributed by atoms with Gasteiger partial charge in [0.15, 0.2) is 0 Å². The standard InChI is InChI=1S/C22H23ClN2O3S2/c1-14-11-15(2)13-25(12-14)30(27,28)17-9-7-16(8-10-17)24-22(26)21-20(23)18-5-3-4-6-19(18)29-21/h3-10,14-15H,11-13H2,1-2H3,(H,24,26)/t14-,15+. The number of benzene rings is 2. The fraction of sp³-hybridized carbons (Fsp3) is 0.318. The summed E-state index contributed by atoms with van der Waals surface area (Å²) in [6.07, 6.45) is 1.04. The third-order valence-corrected chi connectivity index (χ3v) is 8.85. The number of carbonyl (C=O) groups excluding carboxylic acids is 1. The highest BCUT2D eigenvalue weighted by molar-refractivity contribution is 7.89. The molecule has 4 rings (SSSR count). The lowest BCUT2D eigenvalue weighted by molar-refractivity contribution is 0.103. The van der Waals surface area contributed by atoms with Gasteiger partial charge >= 0.3 is 0 Å². The maximum Gasteiger partial charge on any atom is 0.267 e. The lowest BCUT2D eigenvalue weighted by atomic mass is 9.94. The second-order valence-electron chi connectivity index (χ2n) is 7.99. The van der Waals surface area contributed by atoms with Crippen LogP contribution < -0.4 is 5.32 Å². The van der Waals surface area contributed by atoms with Gasteiger partial charge in [-0.25, -0.2) is 8.42 Å². The highest BCUT2D eigenvalue weighted by Crippen LogP contribution is 2.35. The Hall–Kier alpha value is -1.93. The maximum absolute atomic E-state index is 13.0. The van der Waals surface area contributed by atoms with Crippen LogP contribution in [-0.4, -0.2) is 31.7 Å². The predicted octanol–water partition coefficient (Wildman–Crippen LogP) is 5.47. The summed E-state index contributed by atoms with van der Waals surface area (Å²) >= 11 is 7.71. The fourth-order valence-corrected chi connectivity index (χ4v) is 7.10. The smallest absolute Gasteiger partial charge is 0.267 e. The van der Waals surface area contributed by atoms with E-state index in [9.17, 15) is 13.2 Å². The van der Waals surface area contributed by atoms with Crippen LogP contribution in [0.3, 0.4) is 0 Å². The van der Waals surface area contributed by atoms with Crippen molar-refractivity contribution in [3.05, 3.63) is 58.4 Å². The molecule has 0 spiro atoms. The lowest BCUT2D eigenvalue weighted by Gasteiger charge is -2.34. The van der Waals surface area contributed by atoms with Crippen LogP contribution in [0.2, 0.25) is 5.02 Å². The molecule has 1 fully saturated rings. The van der Waals surface area contributed by atoms with E-state index in [0.29, 0.717) is 40.5 Å². The van der Waals surface area contributed by atoms with Crippen LogP contribution in [0.25, 0.3) is 10.1 Å². The van der Waals surface area contributed by atoms with Crippen molar-refractivity contribution in [3.63, 3.8) is 0 Å². The van der Waals surface area contributed by atoms with Crippen molar-refractivity contribution < 1.29 is 13.2 Å². The van der Waals surface area contributed by atoms with Gasteiger partial charge in [-0.2, -0.15) is 4.31 Å². The van der Waals surface area contributed by atoms with E-state index in [1.54, 1.807) is 28.6 Å². The Labute approximate surface area is 185 Å². The molecule has 0 aliphatic carbocycles. The average Bonchev–Trinajstić information content (AvgIpc) is 3.05. The largest absolute Gasteiger partial charge is 0.321 e. The Morgan fingerprint density at radius 3 is 2.33 bits per heavy atom. The van der Waals surface area contributed by atoms with Crippen LogP contribution in [0.15, 0.2) is 53.4 Å². The number of fused-ring (bicyclic) bond motifs is 1. The van der Waals surface area contributed by atoms with Crippen molar-refractivity contribution in [1.29, 1.82) is 0 Å². The molecule has 1 aliphatic heterocycles. The minimum absolute atomic E-state index is 0.238. The van der Waals surface area contributed by atoms with Crippen molar-refractivity contribution in [2.45, 2.75) is 25.2 Å². The second kappa shape index (κ2) is 8.30. The number of hydrogen-bond acceptors (Lipinski definition) is 4. The zero-order chi connectivity index (χ0) is 21.5. The Morgan fingerprint density at radius 1 is 1.07 bits per heavy atom. The van der Waals surface area contributed by atoms with Crippen LogP contribution in [0, 0.1) is 11.8 Å². The number of nitrogens with zero attached hydrogens (tertiary/aromatic N) is 1. The van der Waals surface area contributed by atoms with E-state index in [1.807, 2.05) is 24.3 Å². The molecule has 5 nitrogen and oxygen atoms in total. The zero-order valence-electron chi connectivity index (χ0n) is 16.8. The summed E-state index contributed by atoms with van der Waals surface area (Å²) in [6, 6.07) is 13.9. The van der Waals surface area contributed by atoms with Crippen LogP contribution >= 0.6 is 22.9 Å². The minimum Gasteiger partial charge on any atom is -0.321 e. The fourth-order valence-electron chi connectivity index (χ4n) is 4.01. The predicted molar refractivity (Wildman–Crippen MR) is 123 cm³/mol. The molecule has 0 unspecified atom stereocenters. The van der Waals surface area contributed by atoms with Gasteiger partial charge in [-0.05, 0) is 48.6 Å². The van der Waals surface area contributed by atoms with Crippen molar-refractivity contribution >= 4 is 54.6 Å². The molecule has 1 aliphatic rings. The van der Waals surface area contributed by atoms with E-state index in [-0.39, 0.29) is 10.8 Å². The molecule has 158 valence electrons. The number of thiophene rings is 1. The van der Waals surface area contributed by atoms with Crippen LogP contribution in [0.4, 0.5) is 5.69 Å². The van der Waals surface area contributed by atoms with E-state index in [4.69, 9.17) is 11.6 Å². The van der Waals surface area contributed by atoms with Crippen LogP contribution in [0.1, 0.15) is 29.9 Å². The molecule has 2 atom stereocenters. The molecule has 0 bridgehead atoms. The lowest BCUT2D eigenvalue weighted by Crippen LogP contribution is -2.42. The highest BCUT2D eigenvalue weighted by atomic mass is 35.5. The quantitative estimate of drug-likeness (QED) is 0.558. The number of carbonyl (C=O) groups is 1. The molecule has 3 aromatic rings. The van der Waals surface area contributed by atoms with Gasteiger partial charge in [0.05, 0.1) is 9.92 Å². The van der Waals surface area contributed by atoms with Gasteiger partial charge < -0.3 is 5.32 Å². The topological polar surface area (TPSA) is 66.5 Å². The number of rotatable bonds is 4. The van der Waals surface area contributed by atoms with Crippen molar-refractivity contribution in [2.75, 3.05) is 18.4 Å². The summed E-state index contributed by atoms with van der Waals surface area (Å²) in [5, 5.41) is 4.09. The molecule has 1 amide bonds. The average molecular weight is 463 g/mol. The normalized spacial score (nSPS) is 20.4. The number of anilines is 1. The molecular weight excluding hydrogens is 440 g/mol. The van der Waals surface area contributed by atoms with Crippen molar-refractivity contribution in [1.82, 2.24) is 4.31 Å². The molecule has 30 heavy (non-hydrogen) atoms. The molecular formula is C22H23ClN2O3S2. The number of hydrogen-bond donors (Lipinski definition) is 1. The third-order valence-electron chi connectivity index (χ3n) is 5.33. The summed E-state index contributed by atoms with van der Waals surface area (Å²) < 4.78 is 28.5. The van der Waals surface area contributed by atoms with Gasteiger partial charge in [-0.3, -0.25) is 4.79 Å². The molecule has 0 radical (unpaired) electrons. The van der Waals surface area contributed by atoms with E-state index < -0.39 is 10.0 Å². The molecule has 8 heteroatoms. The SMILES string of the molecule is C[C@@H]1C[C@H](C)CN(S(=O)(=O)c2ccc(NC(=O)c3sc4ccccc4c3Cl)cc2)C1. The molecule has 2 aromatic carbocycles. The van der Waals surface area contributed by atoms with E-state index in [2.05, 4.69) is 19.2 Å². The van der Waals surface area contributed by atoms with Gasteiger partial charge in [0.1, 0.15) is 4.88 Å². The molecule has 1 aromatic heterocycles. The second-order valence-corrected chi connectivity index (χ2v) is 11.4. The number of piperidine rings is 1. The summed E-state index contributed by atoms with van der Waals surface area (Å²) in [6.45, 7) is 5.23. The van der Waals surface area contributed by atoms with Crippen LogP contribution in [-0.2, 0) is 10.0 Å². The first-order valence-corrected chi connectivity index (χ1v) is 12.5. The number of nitrogens with one attached hydrogen (secondary N) is 1. The van der Waals surface area contributed by atoms with Crippen LogP contribution in [0.5, 0.6) is 0 Å². The van der Waals surface area contributed by atoms with Crippen molar-refractivity contribution in [2.24, 2.45) is 11.8 Å². The third kappa shape index (κ3) is 4.12. The Kier molecular flexibility index (Phi) is 5.90. The van der Waals surface area contributed by atoms with Gasteiger partial charge in [0.25, 0.3) is 5.91 Å². The molecule has 0 saturated carbocycles. The number of amides is 1. The van der Waals surface area contributed by atoms with Crippen molar-refractivity contribution in [3.8, 4) is 0 Å². The first kappa shape index (κ1) is 21.3. The summed E-state index contributed by atoms with van der Waals surface area (Å²) in [5.74, 6) is 0.372. The maximum atomic E-state index is 13.0. The Morgan fingerprint density at radius 2 is 1.70 bits per heavy atom. The van der Waals surface area contributed by atoms with Gasteiger partial charge in [-0.1, -0.05) is 43.6 Å². The summed E-state index contributed by atoms with van der Waals surface area (Å²) in [5.41, 5.74) is 0.521. The first-order chi connectivity index (χ1) is 14.3. The van der Waals surface area contributed by atoms with E-state index in [1.165, 1.54) is 11.3 Å². The van der Waals surface area contributed by atoms with E-state index in [0.717, 1.165) is 16.5 Å². The monoisotopic (exact) mass is 462 g/mol. The zero-order valence-corrected chi connectivity index (χ0v) is 19.2. The Bertz CT molecular complexity index is 1180. The molecule has 2 heterocycles. The molecule has 1 saturated heterocycles. The minimum atomic E-state index is -3.55. The van der Waals surface area contributed by atoms with Gasteiger partial charge in [0, 0.05) is 28.9 Å². The first-order valence-electron chi connectivity index (χ1n) is 9.84. The van der Waals surface area contributed by atoms with Gasteiger partial charge in [-0.15, -0.1) is 11.3 Å². The summed E-state index contributed by atoms with van der Waals surface area (Å²) in [7, 11) is -3.55. The number of sulfonamides is 1.